The lowest BCUT2D eigenvalue weighted by molar-refractivity contribution is 0.476. The number of aromatic hydroxyl groups is 1. The molecular weight excluding hydrogens is 499 g/mol. The maximum Gasteiger partial charge on any atom is 0.296 e. The van der Waals surface area contributed by atoms with Crippen LogP contribution in [-0.2, 0) is 26.6 Å². The highest BCUT2D eigenvalue weighted by Gasteiger charge is 2.32. The van der Waals surface area contributed by atoms with Crippen molar-refractivity contribution in [1.29, 1.82) is 0 Å². The van der Waals surface area contributed by atoms with Crippen LogP contribution in [0.15, 0.2) is 51.1 Å². The standard InChI is InChI=1S/C22H21FN4O6S2/c23-13-3-6-18-15(9-13)21(28)20(22(29)27(18)8-7-12-1-2-12)17-11-34(30,31)19-10-14(26-35(24,32)33)4-5-16(19)25-17/h3-6,9-10,12,26,28H,1-2,7-8,11H2,(H2,24,32,33). The quantitative estimate of drug-likeness (QED) is 0.451. The van der Waals surface area contributed by atoms with Gasteiger partial charge in [-0.2, -0.15) is 8.42 Å². The fourth-order valence-electron chi connectivity index (χ4n) is 4.26. The second-order valence-electron chi connectivity index (χ2n) is 8.72. The zero-order valence-corrected chi connectivity index (χ0v) is 19.9. The third-order valence-electron chi connectivity index (χ3n) is 6.08. The predicted octanol–water partition coefficient (Wildman–Crippen LogP) is 2.17. The fraction of sp³-hybridized carbons (Fsp3) is 0.273. The van der Waals surface area contributed by atoms with Crippen molar-refractivity contribution in [1.82, 2.24) is 4.57 Å². The van der Waals surface area contributed by atoms with Gasteiger partial charge in [0.25, 0.3) is 15.8 Å². The number of nitrogens with one attached hydrogen (secondary N) is 1. The molecule has 0 atom stereocenters. The number of rotatable bonds is 6. The Morgan fingerprint density at radius 2 is 1.94 bits per heavy atom. The van der Waals surface area contributed by atoms with Gasteiger partial charge < -0.3 is 9.67 Å². The highest BCUT2D eigenvalue weighted by molar-refractivity contribution is 7.92. The fourth-order valence-corrected chi connectivity index (χ4v) is 6.18. The molecule has 0 saturated heterocycles. The van der Waals surface area contributed by atoms with Gasteiger partial charge in [-0.25, -0.2) is 17.9 Å². The lowest BCUT2D eigenvalue weighted by Crippen LogP contribution is -2.32. The number of aliphatic imine (C=N–C) groups is 1. The van der Waals surface area contributed by atoms with Crippen LogP contribution in [0.2, 0.25) is 0 Å². The average Bonchev–Trinajstić information content (AvgIpc) is 3.57. The summed E-state index contributed by atoms with van der Waals surface area (Å²) in [6.07, 6.45) is 2.86. The van der Waals surface area contributed by atoms with Crippen molar-refractivity contribution >= 4 is 48.0 Å². The number of hydrogen-bond donors (Lipinski definition) is 3. The minimum absolute atomic E-state index is 0.0334. The molecule has 10 nitrogen and oxygen atoms in total. The first kappa shape index (κ1) is 23.5. The van der Waals surface area contributed by atoms with Crippen molar-refractivity contribution in [3.05, 3.63) is 58.1 Å². The van der Waals surface area contributed by atoms with Gasteiger partial charge in [0.15, 0.2) is 9.84 Å². The van der Waals surface area contributed by atoms with Gasteiger partial charge in [0.05, 0.1) is 33.3 Å². The maximum absolute atomic E-state index is 14.0. The number of nitrogens with two attached hydrogens (primary N) is 1. The predicted molar refractivity (Wildman–Crippen MR) is 129 cm³/mol. The molecule has 35 heavy (non-hydrogen) atoms. The van der Waals surface area contributed by atoms with Gasteiger partial charge in [-0.05, 0) is 48.7 Å². The Morgan fingerprint density at radius 3 is 2.63 bits per heavy atom. The maximum atomic E-state index is 14.0. The number of hydrogen-bond acceptors (Lipinski definition) is 7. The van der Waals surface area contributed by atoms with Crippen molar-refractivity contribution in [3.63, 3.8) is 0 Å². The van der Waals surface area contributed by atoms with E-state index in [1.165, 1.54) is 28.8 Å². The Morgan fingerprint density at radius 1 is 1.20 bits per heavy atom. The SMILES string of the molecule is NS(=O)(=O)Nc1ccc2c(c1)S(=O)(=O)CC(c1c(O)c3cc(F)ccc3n(CCC3CC3)c1=O)=N2. The molecule has 1 saturated carbocycles. The first-order chi connectivity index (χ1) is 16.4. The molecule has 13 heteroatoms. The molecule has 184 valence electrons. The molecule has 5 rings (SSSR count). The third kappa shape index (κ3) is 4.54. The molecule has 1 aliphatic carbocycles. The van der Waals surface area contributed by atoms with Crippen molar-refractivity contribution < 1.29 is 26.3 Å². The number of fused-ring (bicyclic) bond motifs is 2. The second-order valence-corrected chi connectivity index (χ2v) is 12.0. The van der Waals surface area contributed by atoms with Crippen LogP contribution in [0.25, 0.3) is 10.9 Å². The molecule has 0 unspecified atom stereocenters. The van der Waals surface area contributed by atoms with Crippen LogP contribution in [0.1, 0.15) is 24.8 Å². The number of sulfone groups is 1. The summed E-state index contributed by atoms with van der Waals surface area (Å²) in [6, 6.07) is 7.33. The topological polar surface area (TPSA) is 161 Å². The van der Waals surface area contributed by atoms with Crippen molar-refractivity contribution in [2.24, 2.45) is 16.0 Å². The molecular formula is C22H21FN4O6S2. The number of benzene rings is 2. The zero-order valence-electron chi connectivity index (χ0n) is 18.2. The molecule has 0 radical (unpaired) electrons. The molecule has 1 aliphatic heterocycles. The zero-order chi connectivity index (χ0) is 25.1. The van der Waals surface area contributed by atoms with E-state index in [9.17, 15) is 31.1 Å². The van der Waals surface area contributed by atoms with Crippen LogP contribution in [0.5, 0.6) is 5.75 Å². The minimum atomic E-state index is -4.13. The van der Waals surface area contributed by atoms with Crippen LogP contribution in [0, 0.1) is 11.7 Å². The summed E-state index contributed by atoms with van der Waals surface area (Å²) in [5, 5.41) is 16.0. The van der Waals surface area contributed by atoms with E-state index in [0.29, 0.717) is 18.0 Å². The first-order valence-corrected chi connectivity index (χ1v) is 13.9. The van der Waals surface area contributed by atoms with Crippen LogP contribution < -0.4 is 15.4 Å². The van der Waals surface area contributed by atoms with Gasteiger partial charge in [-0.15, -0.1) is 0 Å². The van der Waals surface area contributed by atoms with E-state index in [1.54, 1.807) is 0 Å². The molecule has 4 N–H and O–H groups in total. The smallest absolute Gasteiger partial charge is 0.296 e. The van der Waals surface area contributed by atoms with Crippen LogP contribution in [0.4, 0.5) is 15.8 Å². The number of aryl methyl sites for hydroxylation is 1. The van der Waals surface area contributed by atoms with E-state index < -0.39 is 42.9 Å². The molecule has 1 aromatic heterocycles. The van der Waals surface area contributed by atoms with Gasteiger partial charge in [0, 0.05) is 11.9 Å². The molecule has 2 heterocycles. The number of pyridine rings is 1. The monoisotopic (exact) mass is 520 g/mol. The van der Waals surface area contributed by atoms with E-state index in [1.807, 2.05) is 4.72 Å². The van der Waals surface area contributed by atoms with Gasteiger partial charge in [0.2, 0.25) is 0 Å². The van der Waals surface area contributed by atoms with E-state index in [-0.39, 0.29) is 32.9 Å². The van der Waals surface area contributed by atoms with Gasteiger partial charge >= 0.3 is 0 Å². The average molecular weight is 521 g/mol. The summed E-state index contributed by atoms with van der Waals surface area (Å²) >= 11 is 0. The molecule has 1 fully saturated rings. The van der Waals surface area contributed by atoms with E-state index in [4.69, 9.17) is 5.14 Å². The molecule has 0 bridgehead atoms. The van der Waals surface area contributed by atoms with E-state index >= 15 is 0 Å². The summed E-state index contributed by atoms with van der Waals surface area (Å²) in [6.45, 7) is 0.331. The lowest BCUT2D eigenvalue weighted by atomic mass is 10.1. The summed E-state index contributed by atoms with van der Waals surface area (Å²) in [5.41, 5.74) is -0.865. The van der Waals surface area contributed by atoms with Crippen molar-refractivity contribution in [3.8, 4) is 5.75 Å². The number of halogens is 1. The molecule has 3 aromatic rings. The molecule has 0 spiro atoms. The van der Waals surface area contributed by atoms with Gasteiger partial charge in [-0.1, -0.05) is 12.8 Å². The van der Waals surface area contributed by atoms with E-state index in [0.717, 1.165) is 31.4 Å². The summed E-state index contributed by atoms with van der Waals surface area (Å²) in [7, 11) is -8.21. The number of anilines is 1. The second kappa shape index (κ2) is 8.14. The number of aromatic nitrogens is 1. The summed E-state index contributed by atoms with van der Waals surface area (Å²) in [5.74, 6) is -1.39. The third-order valence-corrected chi connectivity index (χ3v) is 8.25. The Labute approximate surface area is 200 Å². The van der Waals surface area contributed by atoms with Crippen LogP contribution in [0.3, 0.4) is 0 Å². The largest absolute Gasteiger partial charge is 0.506 e. The minimum Gasteiger partial charge on any atom is -0.506 e. The molecule has 2 aliphatic rings. The van der Waals surface area contributed by atoms with Crippen molar-refractivity contribution in [2.45, 2.75) is 30.7 Å². The van der Waals surface area contributed by atoms with E-state index in [2.05, 4.69) is 4.99 Å². The summed E-state index contributed by atoms with van der Waals surface area (Å²) in [4.78, 5) is 17.6. The molecule has 2 aromatic carbocycles. The van der Waals surface area contributed by atoms with Crippen LogP contribution in [-0.4, -0.2) is 38.0 Å². The first-order valence-electron chi connectivity index (χ1n) is 10.7. The van der Waals surface area contributed by atoms with Gasteiger partial charge in [0.1, 0.15) is 17.1 Å². The number of nitrogens with zero attached hydrogens (tertiary/aromatic N) is 2. The Hall–Kier alpha value is -3.29. The summed E-state index contributed by atoms with van der Waals surface area (Å²) < 4.78 is 66.2. The highest BCUT2D eigenvalue weighted by atomic mass is 32.2. The Balaban J connectivity index is 1.69. The van der Waals surface area contributed by atoms with Crippen LogP contribution >= 0.6 is 0 Å². The highest BCUT2D eigenvalue weighted by Crippen LogP contribution is 2.37. The molecule has 0 amide bonds. The normalized spacial score (nSPS) is 17.1. The van der Waals surface area contributed by atoms with Gasteiger partial charge in [-0.3, -0.25) is 14.5 Å². The Bertz CT molecular complexity index is 1690. The Kier molecular flexibility index (Phi) is 5.45. The van der Waals surface area contributed by atoms with Crippen molar-refractivity contribution in [2.75, 3.05) is 10.5 Å². The lowest BCUT2D eigenvalue weighted by Gasteiger charge is -2.20.